The van der Waals surface area contributed by atoms with Gasteiger partial charge in [-0.2, -0.15) is 0 Å². The first kappa shape index (κ1) is 22.6. The Labute approximate surface area is 172 Å². The summed E-state index contributed by atoms with van der Waals surface area (Å²) in [4.78, 5) is 24.4. The lowest BCUT2D eigenvalue weighted by molar-refractivity contribution is -0.154. The van der Waals surface area contributed by atoms with E-state index in [-0.39, 0.29) is 23.0 Å². The minimum absolute atomic E-state index is 0.158. The first-order valence-electron chi connectivity index (χ1n) is 9.63. The molecule has 0 spiro atoms. The summed E-state index contributed by atoms with van der Waals surface area (Å²) in [5, 5.41) is 2.80. The van der Waals surface area contributed by atoms with E-state index in [0.717, 1.165) is 12.0 Å². The van der Waals surface area contributed by atoms with Gasteiger partial charge >= 0.3 is 5.97 Å². The van der Waals surface area contributed by atoms with E-state index in [1.807, 2.05) is 37.3 Å². The topological polar surface area (TPSA) is 89.5 Å². The lowest BCUT2D eigenvalue weighted by atomic mass is 9.96. The predicted octanol–water partition coefficient (Wildman–Crippen LogP) is 3.09. The molecule has 0 radical (unpaired) electrons. The van der Waals surface area contributed by atoms with Gasteiger partial charge < -0.3 is 10.1 Å². The third-order valence-corrected chi connectivity index (χ3v) is 6.37. The van der Waals surface area contributed by atoms with Crippen molar-refractivity contribution in [2.75, 3.05) is 12.3 Å². The van der Waals surface area contributed by atoms with Crippen molar-refractivity contribution in [2.45, 2.75) is 43.6 Å². The van der Waals surface area contributed by atoms with Gasteiger partial charge in [-0.25, -0.2) is 8.42 Å². The number of hydrogen-bond donors (Lipinski definition) is 1. The number of carbonyl (C=O) groups excluding carboxylic acids is 2. The molecule has 0 heterocycles. The molecule has 0 aliphatic rings. The van der Waals surface area contributed by atoms with Gasteiger partial charge in [0.1, 0.15) is 0 Å². The molecule has 6 nitrogen and oxygen atoms in total. The monoisotopic (exact) mass is 417 g/mol. The highest BCUT2D eigenvalue weighted by molar-refractivity contribution is 7.91. The number of nitrogens with one attached hydrogen (secondary N) is 1. The van der Waals surface area contributed by atoms with Crippen molar-refractivity contribution in [3.8, 4) is 0 Å². The van der Waals surface area contributed by atoms with Crippen LogP contribution in [0.3, 0.4) is 0 Å². The number of ether oxygens (including phenoxy) is 1. The summed E-state index contributed by atoms with van der Waals surface area (Å²) in [6.07, 6.45) is -0.443. The highest BCUT2D eigenvalue weighted by atomic mass is 32.2. The van der Waals surface area contributed by atoms with Gasteiger partial charge in [0, 0.05) is 12.5 Å². The summed E-state index contributed by atoms with van der Waals surface area (Å²) < 4.78 is 29.5. The van der Waals surface area contributed by atoms with E-state index in [9.17, 15) is 18.0 Å². The smallest absolute Gasteiger partial charge is 0.307 e. The van der Waals surface area contributed by atoms with Gasteiger partial charge in [-0.1, -0.05) is 55.5 Å². The van der Waals surface area contributed by atoms with Crippen molar-refractivity contribution in [1.29, 1.82) is 0 Å². The van der Waals surface area contributed by atoms with Crippen LogP contribution in [0.15, 0.2) is 65.6 Å². The van der Waals surface area contributed by atoms with Gasteiger partial charge in [0.05, 0.1) is 17.1 Å². The van der Waals surface area contributed by atoms with E-state index < -0.39 is 27.8 Å². The van der Waals surface area contributed by atoms with Crippen molar-refractivity contribution in [3.05, 3.63) is 66.2 Å². The fourth-order valence-electron chi connectivity index (χ4n) is 2.86. The van der Waals surface area contributed by atoms with Crippen LogP contribution in [0.5, 0.6) is 0 Å². The summed E-state index contributed by atoms with van der Waals surface area (Å²) in [5.74, 6) is -1.32. The van der Waals surface area contributed by atoms with E-state index in [1.165, 1.54) is 19.1 Å². The number of hydrogen-bond acceptors (Lipinski definition) is 5. The van der Waals surface area contributed by atoms with Gasteiger partial charge in [-0.05, 0) is 31.0 Å². The second-order valence-electron chi connectivity index (χ2n) is 6.78. The molecule has 0 aromatic heterocycles. The van der Waals surface area contributed by atoms with Crippen LogP contribution in [0.4, 0.5) is 0 Å². The molecule has 0 saturated heterocycles. The number of carbonyl (C=O) groups is 2. The molecule has 156 valence electrons. The van der Waals surface area contributed by atoms with Crippen molar-refractivity contribution in [2.24, 2.45) is 0 Å². The molecule has 2 aromatic carbocycles. The van der Waals surface area contributed by atoms with Crippen molar-refractivity contribution in [1.82, 2.24) is 5.32 Å². The number of sulfone groups is 1. The maximum atomic E-state index is 12.2. The molecule has 0 saturated carbocycles. The summed E-state index contributed by atoms with van der Waals surface area (Å²) in [6, 6.07) is 17.8. The molecule has 0 bridgehead atoms. The summed E-state index contributed by atoms with van der Waals surface area (Å²) in [5.41, 5.74) is 1.13. The second-order valence-corrected chi connectivity index (χ2v) is 8.88. The Morgan fingerprint density at radius 1 is 1.00 bits per heavy atom. The van der Waals surface area contributed by atoms with E-state index in [0.29, 0.717) is 6.54 Å². The average Bonchev–Trinajstić information content (AvgIpc) is 2.74. The van der Waals surface area contributed by atoms with Gasteiger partial charge in [-0.15, -0.1) is 0 Å². The fraction of sp³-hybridized carbons (Fsp3) is 0.364. The van der Waals surface area contributed by atoms with E-state index in [1.54, 1.807) is 18.2 Å². The van der Waals surface area contributed by atoms with Crippen LogP contribution in [0.25, 0.3) is 0 Å². The largest absolute Gasteiger partial charge is 0.453 e. The van der Waals surface area contributed by atoms with Crippen LogP contribution >= 0.6 is 0 Å². The highest BCUT2D eigenvalue weighted by Gasteiger charge is 2.21. The van der Waals surface area contributed by atoms with E-state index in [4.69, 9.17) is 4.74 Å². The number of amides is 1. The molecule has 2 rings (SSSR count). The standard InChI is InChI=1S/C22H27NO5S/c1-3-18(19-10-6-4-7-11-19)16-23-22(25)17(2)28-21(24)14-15-29(26,27)20-12-8-5-9-13-20/h4-13,17-18H,3,14-16H2,1-2H3,(H,23,25)/t17-,18+/m1/s1. The van der Waals surface area contributed by atoms with Crippen molar-refractivity contribution in [3.63, 3.8) is 0 Å². The molecule has 0 aliphatic heterocycles. The van der Waals surface area contributed by atoms with Crippen LogP contribution in [0.1, 0.15) is 38.2 Å². The number of esters is 1. The molecule has 2 atom stereocenters. The molecule has 29 heavy (non-hydrogen) atoms. The van der Waals surface area contributed by atoms with Crippen LogP contribution in [0, 0.1) is 0 Å². The van der Waals surface area contributed by atoms with Crippen LogP contribution in [-0.4, -0.2) is 38.7 Å². The maximum Gasteiger partial charge on any atom is 0.307 e. The summed E-state index contributed by atoms with van der Waals surface area (Å²) in [7, 11) is -3.57. The third kappa shape index (κ3) is 7.02. The predicted molar refractivity (Wildman–Crippen MR) is 111 cm³/mol. The first-order chi connectivity index (χ1) is 13.8. The Kier molecular flexibility index (Phi) is 8.39. The number of benzene rings is 2. The zero-order valence-corrected chi connectivity index (χ0v) is 17.5. The van der Waals surface area contributed by atoms with Gasteiger partial charge in [0.25, 0.3) is 5.91 Å². The van der Waals surface area contributed by atoms with Crippen LogP contribution in [-0.2, 0) is 24.2 Å². The van der Waals surface area contributed by atoms with Crippen LogP contribution < -0.4 is 5.32 Å². The van der Waals surface area contributed by atoms with E-state index in [2.05, 4.69) is 5.32 Å². The fourth-order valence-corrected chi connectivity index (χ4v) is 4.11. The molecule has 0 unspecified atom stereocenters. The molecular formula is C22H27NO5S. The molecule has 2 aromatic rings. The Morgan fingerprint density at radius 3 is 2.17 bits per heavy atom. The average molecular weight is 418 g/mol. The number of rotatable bonds is 10. The lowest BCUT2D eigenvalue weighted by Gasteiger charge is -2.18. The molecular weight excluding hydrogens is 390 g/mol. The van der Waals surface area contributed by atoms with Gasteiger partial charge in [-0.3, -0.25) is 9.59 Å². The van der Waals surface area contributed by atoms with Crippen LogP contribution in [0.2, 0.25) is 0 Å². The van der Waals surface area contributed by atoms with Crippen molar-refractivity contribution >= 4 is 21.7 Å². The second kappa shape index (κ2) is 10.8. The van der Waals surface area contributed by atoms with E-state index >= 15 is 0 Å². The molecule has 0 aliphatic carbocycles. The molecule has 1 N–H and O–H groups in total. The molecule has 7 heteroatoms. The Balaban J connectivity index is 1.80. The zero-order valence-electron chi connectivity index (χ0n) is 16.7. The Morgan fingerprint density at radius 2 is 1.59 bits per heavy atom. The minimum Gasteiger partial charge on any atom is -0.453 e. The minimum atomic E-state index is -3.57. The Bertz CT molecular complexity index is 897. The van der Waals surface area contributed by atoms with Gasteiger partial charge in [0.15, 0.2) is 15.9 Å². The summed E-state index contributed by atoms with van der Waals surface area (Å²) >= 11 is 0. The molecule has 1 amide bonds. The molecule has 0 fully saturated rings. The summed E-state index contributed by atoms with van der Waals surface area (Å²) in [6.45, 7) is 3.95. The SMILES string of the molecule is CC[C@@H](CNC(=O)[C@@H](C)OC(=O)CCS(=O)(=O)c1ccccc1)c1ccccc1. The third-order valence-electron chi connectivity index (χ3n) is 4.64. The lowest BCUT2D eigenvalue weighted by Crippen LogP contribution is -2.38. The zero-order chi connectivity index (χ0) is 21.3. The Hall–Kier alpha value is -2.67. The maximum absolute atomic E-state index is 12.2. The normalized spacial score (nSPS) is 13.3. The quantitative estimate of drug-likeness (QED) is 0.600. The van der Waals surface area contributed by atoms with Crippen molar-refractivity contribution < 1.29 is 22.7 Å². The van der Waals surface area contributed by atoms with Gasteiger partial charge in [0.2, 0.25) is 0 Å². The first-order valence-corrected chi connectivity index (χ1v) is 11.3. The highest BCUT2D eigenvalue weighted by Crippen LogP contribution is 2.18.